The van der Waals surface area contributed by atoms with Gasteiger partial charge in [-0.2, -0.15) is 0 Å². The van der Waals surface area contributed by atoms with Gasteiger partial charge in [-0.25, -0.2) is 0 Å². The normalized spacial score (nSPS) is 26.0. The van der Waals surface area contributed by atoms with Gasteiger partial charge in [0, 0.05) is 26.7 Å². The Labute approximate surface area is 121 Å². The Kier molecular flexibility index (Phi) is 8.06. The van der Waals surface area contributed by atoms with Crippen LogP contribution in [0.4, 0.5) is 0 Å². The molecule has 6 nitrogen and oxygen atoms in total. The van der Waals surface area contributed by atoms with Crippen LogP contribution in [0.15, 0.2) is 0 Å². The molecule has 6 heteroatoms. The predicted molar refractivity (Wildman–Crippen MR) is 76.5 cm³/mol. The van der Waals surface area contributed by atoms with Crippen molar-refractivity contribution in [2.45, 2.75) is 44.2 Å². The van der Waals surface area contributed by atoms with Gasteiger partial charge >= 0.3 is 0 Å². The van der Waals surface area contributed by atoms with E-state index >= 15 is 0 Å². The standard InChI is InChI=1S/C14H28N2O4/c1-3-16-14(13(15)17)6-5-12(11-14)20-10-9-19-8-4-7-18-2/h12,16H,3-11H2,1-2H3,(H2,15,17). The van der Waals surface area contributed by atoms with Gasteiger partial charge in [0.25, 0.3) is 0 Å². The molecule has 0 radical (unpaired) electrons. The SMILES string of the molecule is CCNC1(C(N)=O)CCC(OCCOCCCOC)C1. The number of carbonyl (C=O) groups excluding carboxylic acids is 1. The predicted octanol–water partition coefficient (Wildman–Crippen LogP) is 0.442. The summed E-state index contributed by atoms with van der Waals surface area (Å²) >= 11 is 0. The lowest BCUT2D eigenvalue weighted by Gasteiger charge is -2.26. The summed E-state index contributed by atoms with van der Waals surface area (Å²) in [4.78, 5) is 11.6. The largest absolute Gasteiger partial charge is 0.385 e. The van der Waals surface area contributed by atoms with Crippen LogP contribution in [0.2, 0.25) is 0 Å². The molecule has 1 aliphatic rings. The number of amides is 1. The summed E-state index contributed by atoms with van der Waals surface area (Å²) in [7, 11) is 1.68. The first kappa shape index (κ1) is 17.4. The van der Waals surface area contributed by atoms with Crippen LogP contribution in [0.25, 0.3) is 0 Å². The van der Waals surface area contributed by atoms with Crippen molar-refractivity contribution < 1.29 is 19.0 Å². The molecule has 0 heterocycles. The van der Waals surface area contributed by atoms with Gasteiger partial charge in [0.2, 0.25) is 5.91 Å². The van der Waals surface area contributed by atoms with Crippen LogP contribution in [0.1, 0.15) is 32.6 Å². The minimum Gasteiger partial charge on any atom is -0.385 e. The van der Waals surface area contributed by atoms with Crippen molar-refractivity contribution in [3.63, 3.8) is 0 Å². The van der Waals surface area contributed by atoms with E-state index < -0.39 is 5.54 Å². The minimum atomic E-state index is -0.585. The molecule has 0 aromatic heterocycles. The molecule has 1 rings (SSSR count). The average molecular weight is 288 g/mol. The Morgan fingerprint density at radius 2 is 2.15 bits per heavy atom. The second-order valence-electron chi connectivity index (χ2n) is 5.17. The zero-order chi connectivity index (χ0) is 14.8. The van der Waals surface area contributed by atoms with Crippen LogP contribution in [0, 0.1) is 0 Å². The Morgan fingerprint density at radius 3 is 2.80 bits per heavy atom. The van der Waals surface area contributed by atoms with E-state index in [1.807, 2.05) is 6.92 Å². The van der Waals surface area contributed by atoms with Crippen molar-refractivity contribution in [2.24, 2.45) is 5.73 Å². The van der Waals surface area contributed by atoms with E-state index in [0.717, 1.165) is 25.8 Å². The Bertz CT molecular complexity index is 288. The summed E-state index contributed by atoms with van der Waals surface area (Å²) in [6.07, 6.45) is 3.24. The van der Waals surface area contributed by atoms with Crippen molar-refractivity contribution in [2.75, 3.05) is 40.1 Å². The molecule has 3 N–H and O–H groups in total. The number of nitrogens with two attached hydrogens (primary N) is 1. The van der Waals surface area contributed by atoms with Crippen LogP contribution < -0.4 is 11.1 Å². The number of primary amides is 1. The van der Waals surface area contributed by atoms with Gasteiger partial charge < -0.3 is 25.3 Å². The minimum absolute atomic E-state index is 0.0872. The van der Waals surface area contributed by atoms with E-state index in [0.29, 0.717) is 32.8 Å². The third kappa shape index (κ3) is 5.36. The Hall–Kier alpha value is -0.690. The number of nitrogens with one attached hydrogen (secondary N) is 1. The molecule has 1 saturated carbocycles. The summed E-state index contributed by atoms with van der Waals surface area (Å²) in [6, 6.07) is 0. The highest BCUT2D eigenvalue weighted by atomic mass is 16.5. The molecule has 0 saturated heterocycles. The summed E-state index contributed by atoms with van der Waals surface area (Å²) in [5, 5.41) is 3.21. The monoisotopic (exact) mass is 288 g/mol. The van der Waals surface area contributed by atoms with E-state index in [9.17, 15) is 4.79 Å². The number of carbonyl (C=O) groups is 1. The fourth-order valence-electron chi connectivity index (χ4n) is 2.63. The van der Waals surface area contributed by atoms with Gasteiger partial charge in [0.1, 0.15) is 5.54 Å². The zero-order valence-corrected chi connectivity index (χ0v) is 12.7. The fourth-order valence-corrected chi connectivity index (χ4v) is 2.63. The maximum absolute atomic E-state index is 11.6. The van der Waals surface area contributed by atoms with Crippen LogP contribution in [0.5, 0.6) is 0 Å². The molecule has 1 amide bonds. The molecule has 0 aromatic carbocycles. The van der Waals surface area contributed by atoms with Crippen molar-refractivity contribution in [1.29, 1.82) is 0 Å². The average Bonchev–Trinajstić information content (AvgIpc) is 2.83. The highest BCUT2D eigenvalue weighted by Crippen LogP contribution is 2.31. The molecule has 1 aliphatic carbocycles. The van der Waals surface area contributed by atoms with Gasteiger partial charge in [-0.1, -0.05) is 6.92 Å². The van der Waals surface area contributed by atoms with E-state index in [1.165, 1.54) is 0 Å². The molecular weight excluding hydrogens is 260 g/mol. The van der Waals surface area contributed by atoms with Crippen molar-refractivity contribution in [3.05, 3.63) is 0 Å². The molecular formula is C14H28N2O4. The van der Waals surface area contributed by atoms with E-state index in [4.69, 9.17) is 19.9 Å². The first-order valence-electron chi connectivity index (χ1n) is 7.38. The van der Waals surface area contributed by atoms with Crippen LogP contribution in [0.3, 0.4) is 0 Å². The van der Waals surface area contributed by atoms with Crippen LogP contribution >= 0.6 is 0 Å². The molecule has 0 bridgehead atoms. The van der Waals surface area contributed by atoms with Crippen molar-refractivity contribution >= 4 is 5.91 Å². The van der Waals surface area contributed by atoms with E-state index in [2.05, 4.69) is 5.32 Å². The third-order valence-electron chi connectivity index (χ3n) is 3.67. The molecule has 1 fully saturated rings. The van der Waals surface area contributed by atoms with Crippen LogP contribution in [-0.4, -0.2) is 57.6 Å². The molecule has 0 aromatic rings. The molecule has 2 atom stereocenters. The molecule has 0 aliphatic heterocycles. The van der Waals surface area contributed by atoms with Crippen molar-refractivity contribution in [1.82, 2.24) is 5.32 Å². The third-order valence-corrected chi connectivity index (χ3v) is 3.67. The highest BCUT2D eigenvalue weighted by Gasteiger charge is 2.43. The smallest absolute Gasteiger partial charge is 0.237 e. The highest BCUT2D eigenvalue weighted by molar-refractivity contribution is 5.85. The summed E-state index contributed by atoms with van der Waals surface area (Å²) in [5.41, 5.74) is 4.93. The maximum atomic E-state index is 11.6. The number of ether oxygens (including phenoxy) is 3. The number of likely N-dealkylation sites (N-methyl/N-ethyl adjacent to an activating group) is 1. The lowest BCUT2D eigenvalue weighted by atomic mass is 9.96. The second-order valence-corrected chi connectivity index (χ2v) is 5.17. The fraction of sp³-hybridized carbons (Fsp3) is 0.929. The summed E-state index contributed by atoms with van der Waals surface area (Å²) in [6.45, 7) is 5.24. The van der Waals surface area contributed by atoms with Gasteiger partial charge in [-0.05, 0) is 25.8 Å². The second kappa shape index (κ2) is 9.28. The summed E-state index contributed by atoms with van der Waals surface area (Å²) < 4.78 is 16.1. The summed E-state index contributed by atoms with van der Waals surface area (Å²) in [5.74, 6) is -0.277. The number of hydrogen-bond donors (Lipinski definition) is 2. The zero-order valence-electron chi connectivity index (χ0n) is 12.7. The van der Waals surface area contributed by atoms with Gasteiger partial charge in [0.05, 0.1) is 19.3 Å². The van der Waals surface area contributed by atoms with Crippen molar-refractivity contribution in [3.8, 4) is 0 Å². The van der Waals surface area contributed by atoms with Gasteiger partial charge in [-0.3, -0.25) is 4.79 Å². The Morgan fingerprint density at radius 1 is 1.35 bits per heavy atom. The topological polar surface area (TPSA) is 82.8 Å². The number of methoxy groups -OCH3 is 1. The molecule has 0 spiro atoms. The molecule has 20 heavy (non-hydrogen) atoms. The molecule has 118 valence electrons. The van der Waals surface area contributed by atoms with E-state index in [-0.39, 0.29) is 12.0 Å². The van der Waals surface area contributed by atoms with E-state index in [1.54, 1.807) is 7.11 Å². The van der Waals surface area contributed by atoms with Gasteiger partial charge in [0.15, 0.2) is 0 Å². The number of hydrogen-bond acceptors (Lipinski definition) is 5. The first-order chi connectivity index (χ1) is 9.64. The first-order valence-corrected chi connectivity index (χ1v) is 7.38. The maximum Gasteiger partial charge on any atom is 0.237 e. The van der Waals surface area contributed by atoms with Crippen LogP contribution in [-0.2, 0) is 19.0 Å². The van der Waals surface area contributed by atoms with Gasteiger partial charge in [-0.15, -0.1) is 0 Å². The molecule has 2 unspecified atom stereocenters. The number of rotatable bonds is 11. The quantitative estimate of drug-likeness (QED) is 0.539. The lowest BCUT2D eigenvalue weighted by Crippen LogP contribution is -2.53. The Balaban J connectivity index is 2.15. The lowest BCUT2D eigenvalue weighted by molar-refractivity contribution is -0.124.